The average molecular weight is 300 g/mol. The van der Waals surface area contributed by atoms with Gasteiger partial charge in [0.1, 0.15) is 0 Å². The molecule has 0 bridgehead atoms. The fourth-order valence-corrected chi connectivity index (χ4v) is 2.11. The second kappa shape index (κ2) is 7.32. The summed E-state index contributed by atoms with van der Waals surface area (Å²) in [6.07, 6.45) is -3.31. The second-order valence-corrected chi connectivity index (χ2v) is 4.87. The lowest BCUT2D eigenvalue weighted by Gasteiger charge is -2.31. The first-order valence-electron chi connectivity index (χ1n) is 6.84. The van der Waals surface area contributed by atoms with Gasteiger partial charge >= 0.3 is 6.18 Å². The summed E-state index contributed by atoms with van der Waals surface area (Å²) < 4.78 is 39.0. The summed E-state index contributed by atoms with van der Waals surface area (Å²) in [6, 6.07) is 5.36. The van der Waals surface area contributed by atoms with Gasteiger partial charge in [-0.3, -0.25) is 0 Å². The van der Waals surface area contributed by atoms with Crippen LogP contribution < -0.4 is 4.90 Å². The average Bonchev–Trinajstić information content (AvgIpc) is 2.46. The lowest BCUT2D eigenvalue weighted by molar-refractivity contribution is -0.137. The molecule has 1 aromatic rings. The van der Waals surface area contributed by atoms with E-state index in [1.807, 2.05) is 18.7 Å². The number of halogens is 3. The van der Waals surface area contributed by atoms with Gasteiger partial charge in [0.15, 0.2) is 0 Å². The molecule has 1 atom stereocenters. The predicted octanol–water partition coefficient (Wildman–Crippen LogP) is 3.56. The van der Waals surface area contributed by atoms with Crippen LogP contribution in [0.15, 0.2) is 18.2 Å². The number of hydrogen-bond acceptors (Lipinski definition) is 3. The van der Waals surface area contributed by atoms with Crippen LogP contribution in [0.1, 0.15) is 37.8 Å². The van der Waals surface area contributed by atoms with Gasteiger partial charge in [-0.2, -0.15) is 18.4 Å². The summed E-state index contributed by atoms with van der Waals surface area (Å²) in [7, 11) is 0. The van der Waals surface area contributed by atoms with Crippen LogP contribution in [0.2, 0.25) is 0 Å². The van der Waals surface area contributed by atoms with Gasteiger partial charge in [0.2, 0.25) is 0 Å². The molecule has 3 nitrogen and oxygen atoms in total. The molecule has 0 aliphatic heterocycles. The third-order valence-electron chi connectivity index (χ3n) is 3.44. The highest BCUT2D eigenvalue weighted by molar-refractivity contribution is 5.55. The quantitative estimate of drug-likeness (QED) is 0.873. The SMILES string of the molecule is CC[C@H](C)N(CCCO)c1ccc(C#N)c(C(F)(F)F)c1. The summed E-state index contributed by atoms with van der Waals surface area (Å²) in [6.45, 7) is 4.32. The Morgan fingerprint density at radius 3 is 2.52 bits per heavy atom. The Hall–Kier alpha value is -1.74. The molecule has 1 aromatic carbocycles. The van der Waals surface area contributed by atoms with Crippen LogP contribution in [0.25, 0.3) is 0 Å². The van der Waals surface area contributed by atoms with E-state index in [1.165, 1.54) is 12.1 Å². The van der Waals surface area contributed by atoms with Gasteiger partial charge in [0.05, 0.1) is 17.2 Å². The van der Waals surface area contributed by atoms with Gasteiger partial charge in [0.25, 0.3) is 0 Å². The van der Waals surface area contributed by atoms with Crippen molar-refractivity contribution in [2.24, 2.45) is 0 Å². The van der Waals surface area contributed by atoms with Crippen molar-refractivity contribution in [3.05, 3.63) is 29.3 Å². The maximum Gasteiger partial charge on any atom is 0.417 e. The first-order chi connectivity index (χ1) is 9.85. The maximum absolute atomic E-state index is 13.0. The molecule has 0 aliphatic carbocycles. The highest BCUT2D eigenvalue weighted by Gasteiger charge is 2.34. The summed E-state index contributed by atoms with van der Waals surface area (Å²) in [4.78, 5) is 1.83. The van der Waals surface area contributed by atoms with E-state index in [0.29, 0.717) is 18.7 Å². The largest absolute Gasteiger partial charge is 0.417 e. The Labute approximate surface area is 122 Å². The minimum absolute atomic E-state index is 0.0185. The van der Waals surface area contributed by atoms with E-state index in [0.717, 1.165) is 12.5 Å². The summed E-state index contributed by atoms with van der Waals surface area (Å²) in [5.41, 5.74) is -0.874. The molecular weight excluding hydrogens is 281 g/mol. The highest BCUT2D eigenvalue weighted by Crippen LogP contribution is 2.35. The van der Waals surface area contributed by atoms with Crippen LogP contribution in [-0.4, -0.2) is 24.3 Å². The van der Waals surface area contributed by atoms with Gasteiger partial charge in [0, 0.05) is 24.9 Å². The Morgan fingerprint density at radius 1 is 1.38 bits per heavy atom. The zero-order valence-corrected chi connectivity index (χ0v) is 12.1. The molecule has 0 aliphatic rings. The van der Waals surface area contributed by atoms with Crippen molar-refractivity contribution in [1.82, 2.24) is 0 Å². The van der Waals surface area contributed by atoms with Crippen LogP contribution >= 0.6 is 0 Å². The first-order valence-corrected chi connectivity index (χ1v) is 6.84. The van der Waals surface area contributed by atoms with Crippen LogP contribution in [0, 0.1) is 11.3 Å². The molecule has 116 valence electrons. The number of nitrogens with zero attached hydrogens (tertiary/aromatic N) is 2. The van der Waals surface area contributed by atoms with E-state index >= 15 is 0 Å². The monoisotopic (exact) mass is 300 g/mol. The minimum Gasteiger partial charge on any atom is -0.396 e. The highest BCUT2D eigenvalue weighted by atomic mass is 19.4. The van der Waals surface area contributed by atoms with Gasteiger partial charge in [-0.15, -0.1) is 0 Å². The summed E-state index contributed by atoms with van der Waals surface area (Å²) >= 11 is 0. The summed E-state index contributed by atoms with van der Waals surface area (Å²) in [5.74, 6) is 0. The van der Waals surface area contributed by atoms with Crippen molar-refractivity contribution < 1.29 is 18.3 Å². The second-order valence-electron chi connectivity index (χ2n) is 4.87. The molecular formula is C15H19F3N2O. The van der Waals surface area contributed by atoms with Crippen LogP contribution in [-0.2, 0) is 6.18 Å². The molecule has 1 N–H and O–H groups in total. The van der Waals surface area contributed by atoms with Crippen molar-refractivity contribution in [1.29, 1.82) is 5.26 Å². The van der Waals surface area contributed by atoms with Crippen LogP contribution in [0.4, 0.5) is 18.9 Å². The number of rotatable bonds is 6. The zero-order chi connectivity index (χ0) is 16.0. The van der Waals surface area contributed by atoms with E-state index < -0.39 is 11.7 Å². The molecule has 0 radical (unpaired) electrons. The standard InChI is InChI=1S/C15H19F3N2O/c1-3-11(2)20(7-4-8-21)13-6-5-12(10-19)14(9-13)15(16,17)18/h5-6,9,11,21H,3-4,7-8H2,1-2H3/t11-/m0/s1. The van der Waals surface area contributed by atoms with Gasteiger partial charge in [-0.05, 0) is 38.0 Å². The number of aliphatic hydroxyl groups excluding tert-OH is 1. The third kappa shape index (κ3) is 4.36. The molecule has 1 rings (SSSR count). The molecule has 0 heterocycles. The van der Waals surface area contributed by atoms with E-state index in [1.54, 1.807) is 6.07 Å². The summed E-state index contributed by atoms with van der Waals surface area (Å²) in [5, 5.41) is 17.7. The maximum atomic E-state index is 13.0. The fourth-order valence-electron chi connectivity index (χ4n) is 2.11. The van der Waals surface area contributed by atoms with E-state index in [4.69, 9.17) is 10.4 Å². The molecule has 0 saturated heterocycles. The molecule has 0 spiro atoms. The minimum atomic E-state index is -4.56. The third-order valence-corrected chi connectivity index (χ3v) is 3.44. The zero-order valence-electron chi connectivity index (χ0n) is 12.1. The Bertz CT molecular complexity index is 509. The molecule has 0 fully saturated rings. The van der Waals surface area contributed by atoms with Crippen molar-refractivity contribution in [2.75, 3.05) is 18.1 Å². The lowest BCUT2D eigenvalue weighted by Crippen LogP contribution is -2.34. The Kier molecular flexibility index (Phi) is 6.03. The van der Waals surface area contributed by atoms with Crippen molar-refractivity contribution in [3.63, 3.8) is 0 Å². The smallest absolute Gasteiger partial charge is 0.396 e. The normalized spacial score (nSPS) is 12.8. The molecule has 6 heteroatoms. The Morgan fingerprint density at radius 2 is 2.05 bits per heavy atom. The van der Waals surface area contributed by atoms with Crippen LogP contribution in [0.3, 0.4) is 0 Å². The number of anilines is 1. The van der Waals surface area contributed by atoms with E-state index in [9.17, 15) is 13.2 Å². The van der Waals surface area contributed by atoms with Gasteiger partial charge < -0.3 is 10.0 Å². The number of aliphatic hydroxyl groups is 1. The predicted molar refractivity (Wildman–Crippen MR) is 75.0 cm³/mol. The number of alkyl halides is 3. The number of benzene rings is 1. The fraction of sp³-hybridized carbons (Fsp3) is 0.533. The topological polar surface area (TPSA) is 47.3 Å². The lowest BCUT2D eigenvalue weighted by atomic mass is 10.1. The van der Waals surface area contributed by atoms with E-state index in [-0.39, 0.29) is 18.2 Å². The van der Waals surface area contributed by atoms with E-state index in [2.05, 4.69) is 0 Å². The Balaban J connectivity index is 3.24. The van der Waals surface area contributed by atoms with Crippen LogP contribution in [0.5, 0.6) is 0 Å². The molecule has 0 aromatic heterocycles. The number of nitriles is 1. The van der Waals surface area contributed by atoms with Crippen molar-refractivity contribution >= 4 is 5.69 Å². The molecule has 21 heavy (non-hydrogen) atoms. The van der Waals surface area contributed by atoms with Crippen molar-refractivity contribution in [2.45, 2.75) is 38.9 Å². The van der Waals surface area contributed by atoms with Gasteiger partial charge in [-0.25, -0.2) is 0 Å². The van der Waals surface area contributed by atoms with Crippen molar-refractivity contribution in [3.8, 4) is 6.07 Å². The molecule has 0 amide bonds. The van der Waals surface area contributed by atoms with Gasteiger partial charge in [-0.1, -0.05) is 6.92 Å². The first kappa shape index (κ1) is 17.3. The number of hydrogen-bond donors (Lipinski definition) is 1. The molecule has 0 unspecified atom stereocenters. The molecule has 0 saturated carbocycles.